The van der Waals surface area contributed by atoms with Crippen LogP contribution >= 0.6 is 0 Å². The van der Waals surface area contributed by atoms with Crippen molar-refractivity contribution < 1.29 is 14.6 Å². The van der Waals surface area contributed by atoms with Crippen LogP contribution in [0.3, 0.4) is 0 Å². The normalized spacial score (nSPS) is 20.4. The van der Waals surface area contributed by atoms with Gasteiger partial charge in [0.2, 0.25) is 0 Å². The second-order valence-electron chi connectivity index (χ2n) is 5.95. The van der Waals surface area contributed by atoms with Gasteiger partial charge in [-0.1, -0.05) is 52.9 Å². The standard InChI is InChI=1S/C13H24O3/c1-13(2,3)11(9-16-12(14)15)10-7-5-4-6-8-10/h10-11H,4-9H2,1-3H3,(H,14,15). The van der Waals surface area contributed by atoms with Gasteiger partial charge in [0, 0.05) is 5.92 Å². The Bertz CT molecular complexity index is 224. The van der Waals surface area contributed by atoms with Gasteiger partial charge in [0.25, 0.3) is 0 Å². The third-order valence-electron chi connectivity index (χ3n) is 3.72. The average Bonchev–Trinajstić information content (AvgIpc) is 2.17. The van der Waals surface area contributed by atoms with Crippen molar-refractivity contribution in [2.45, 2.75) is 52.9 Å². The Morgan fingerprint density at radius 2 is 1.88 bits per heavy atom. The number of hydrogen-bond acceptors (Lipinski definition) is 2. The minimum Gasteiger partial charge on any atom is -0.450 e. The van der Waals surface area contributed by atoms with Gasteiger partial charge >= 0.3 is 6.16 Å². The molecule has 0 aromatic carbocycles. The molecular formula is C13H24O3. The Labute approximate surface area is 98.2 Å². The van der Waals surface area contributed by atoms with Gasteiger partial charge in [-0.25, -0.2) is 4.79 Å². The van der Waals surface area contributed by atoms with Gasteiger partial charge in [-0.15, -0.1) is 0 Å². The minimum absolute atomic E-state index is 0.122. The number of carboxylic acid groups (broad SMARTS) is 1. The van der Waals surface area contributed by atoms with Crippen LogP contribution in [0.2, 0.25) is 0 Å². The van der Waals surface area contributed by atoms with Crippen LogP contribution < -0.4 is 0 Å². The van der Waals surface area contributed by atoms with Crippen LogP contribution in [0.25, 0.3) is 0 Å². The van der Waals surface area contributed by atoms with Gasteiger partial charge in [-0.3, -0.25) is 0 Å². The molecule has 0 radical (unpaired) electrons. The molecule has 0 amide bonds. The molecule has 0 aromatic heterocycles. The summed E-state index contributed by atoms with van der Waals surface area (Å²) in [6, 6.07) is 0. The van der Waals surface area contributed by atoms with Crippen LogP contribution in [-0.4, -0.2) is 17.9 Å². The minimum atomic E-state index is -1.15. The molecule has 94 valence electrons. The molecule has 16 heavy (non-hydrogen) atoms. The Balaban J connectivity index is 2.58. The maximum atomic E-state index is 10.5. The summed E-state index contributed by atoms with van der Waals surface area (Å²) in [6.45, 7) is 6.88. The lowest BCUT2D eigenvalue weighted by molar-refractivity contribution is 0.0218. The van der Waals surface area contributed by atoms with Gasteiger partial charge < -0.3 is 9.84 Å². The molecule has 1 atom stereocenters. The Morgan fingerprint density at radius 1 is 1.31 bits per heavy atom. The van der Waals surface area contributed by atoms with E-state index >= 15 is 0 Å². The first-order chi connectivity index (χ1) is 7.41. The zero-order chi connectivity index (χ0) is 12.2. The van der Waals surface area contributed by atoms with Crippen LogP contribution in [0.15, 0.2) is 0 Å². The van der Waals surface area contributed by atoms with Crippen molar-refractivity contribution in [3.63, 3.8) is 0 Å². The molecule has 1 unspecified atom stereocenters. The molecule has 1 aliphatic carbocycles. The van der Waals surface area contributed by atoms with E-state index in [1.165, 1.54) is 32.1 Å². The Morgan fingerprint density at radius 3 is 2.31 bits per heavy atom. The lowest BCUT2D eigenvalue weighted by Crippen LogP contribution is -2.34. The fraction of sp³-hybridized carbons (Fsp3) is 0.923. The van der Waals surface area contributed by atoms with Gasteiger partial charge in [0.15, 0.2) is 0 Å². The first-order valence-electron chi connectivity index (χ1n) is 6.27. The van der Waals surface area contributed by atoms with E-state index in [0.29, 0.717) is 18.4 Å². The first kappa shape index (κ1) is 13.3. The van der Waals surface area contributed by atoms with Crippen molar-refractivity contribution in [2.75, 3.05) is 6.61 Å². The van der Waals surface area contributed by atoms with E-state index in [1.807, 2.05) is 0 Å². The highest BCUT2D eigenvalue weighted by Crippen LogP contribution is 2.39. The maximum absolute atomic E-state index is 10.5. The van der Waals surface area contributed by atoms with E-state index in [0.717, 1.165) is 0 Å². The molecule has 1 aliphatic rings. The number of carbonyl (C=O) groups is 1. The fourth-order valence-electron chi connectivity index (χ4n) is 2.79. The molecule has 0 bridgehead atoms. The zero-order valence-corrected chi connectivity index (χ0v) is 10.7. The van der Waals surface area contributed by atoms with E-state index in [2.05, 4.69) is 20.8 Å². The molecule has 0 aliphatic heterocycles. The highest BCUT2D eigenvalue weighted by molar-refractivity contribution is 5.56. The third kappa shape index (κ3) is 4.03. The SMILES string of the molecule is CC(C)(C)C(COC(=O)O)C1CCCCC1. The van der Waals surface area contributed by atoms with Crippen molar-refractivity contribution in [1.29, 1.82) is 0 Å². The molecule has 1 N–H and O–H groups in total. The summed E-state index contributed by atoms with van der Waals surface area (Å²) in [7, 11) is 0. The molecule has 1 fully saturated rings. The molecular weight excluding hydrogens is 204 g/mol. The summed E-state index contributed by atoms with van der Waals surface area (Å²) in [5.41, 5.74) is 0.122. The van der Waals surface area contributed by atoms with Crippen LogP contribution in [0.1, 0.15) is 52.9 Å². The van der Waals surface area contributed by atoms with Crippen molar-refractivity contribution in [3.05, 3.63) is 0 Å². The van der Waals surface area contributed by atoms with Crippen LogP contribution in [0, 0.1) is 17.3 Å². The number of rotatable bonds is 3. The second-order valence-corrected chi connectivity index (χ2v) is 5.95. The van der Waals surface area contributed by atoms with E-state index in [9.17, 15) is 4.79 Å². The Kier molecular flexibility index (Phi) is 4.63. The van der Waals surface area contributed by atoms with E-state index in [1.54, 1.807) is 0 Å². The topological polar surface area (TPSA) is 46.5 Å². The molecule has 3 heteroatoms. The molecule has 0 aromatic rings. The second kappa shape index (κ2) is 5.55. The van der Waals surface area contributed by atoms with E-state index < -0.39 is 6.16 Å². The third-order valence-corrected chi connectivity index (χ3v) is 3.72. The van der Waals surface area contributed by atoms with Crippen LogP contribution in [0.5, 0.6) is 0 Å². The Hall–Kier alpha value is -0.730. The van der Waals surface area contributed by atoms with E-state index in [-0.39, 0.29) is 5.41 Å². The summed E-state index contributed by atoms with van der Waals surface area (Å²) < 4.78 is 4.80. The van der Waals surface area contributed by atoms with Gasteiger partial charge in [0.05, 0.1) is 6.61 Å². The predicted octanol–water partition coefficient (Wildman–Crippen LogP) is 3.92. The molecule has 1 rings (SSSR count). The highest BCUT2D eigenvalue weighted by atomic mass is 16.7. The molecule has 0 spiro atoms. The molecule has 0 heterocycles. The number of ether oxygens (including phenoxy) is 1. The van der Waals surface area contributed by atoms with Crippen LogP contribution in [0.4, 0.5) is 4.79 Å². The van der Waals surface area contributed by atoms with Gasteiger partial charge in [0.1, 0.15) is 0 Å². The lowest BCUT2D eigenvalue weighted by Gasteiger charge is -2.38. The van der Waals surface area contributed by atoms with Gasteiger partial charge in [-0.05, 0) is 11.3 Å². The summed E-state index contributed by atoms with van der Waals surface area (Å²) >= 11 is 0. The van der Waals surface area contributed by atoms with Crippen LogP contribution in [-0.2, 0) is 4.74 Å². The molecule has 1 saturated carbocycles. The summed E-state index contributed by atoms with van der Waals surface area (Å²) in [4.78, 5) is 10.5. The predicted molar refractivity (Wildman–Crippen MR) is 63.5 cm³/mol. The van der Waals surface area contributed by atoms with Crippen molar-refractivity contribution >= 4 is 6.16 Å². The number of hydrogen-bond donors (Lipinski definition) is 1. The van der Waals surface area contributed by atoms with Crippen molar-refractivity contribution in [1.82, 2.24) is 0 Å². The largest absolute Gasteiger partial charge is 0.505 e. The molecule has 0 saturated heterocycles. The maximum Gasteiger partial charge on any atom is 0.505 e. The first-order valence-corrected chi connectivity index (χ1v) is 6.27. The van der Waals surface area contributed by atoms with Gasteiger partial charge in [-0.2, -0.15) is 0 Å². The summed E-state index contributed by atoms with van der Waals surface area (Å²) in [5, 5.41) is 8.60. The summed E-state index contributed by atoms with van der Waals surface area (Å²) in [5.74, 6) is 0.983. The summed E-state index contributed by atoms with van der Waals surface area (Å²) in [6.07, 6.45) is 5.20. The quantitative estimate of drug-likeness (QED) is 0.744. The fourth-order valence-corrected chi connectivity index (χ4v) is 2.79. The van der Waals surface area contributed by atoms with E-state index in [4.69, 9.17) is 9.84 Å². The molecule has 3 nitrogen and oxygen atoms in total. The highest BCUT2D eigenvalue weighted by Gasteiger charge is 2.33. The average molecular weight is 228 g/mol. The van der Waals surface area contributed by atoms with Crippen molar-refractivity contribution in [2.24, 2.45) is 17.3 Å². The zero-order valence-electron chi connectivity index (χ0n) is 10.7. The van der Waals surface area contributed by atoms with Crippen molar-refractivity contribution in [3.8, 4) is 0 Å². The smallest absolute Gasteiger partial charge is 0.450 e. The lowest BCUT2D eigenvalue weighted by atomic mass is 9.69. The monoisotopic (exact) mass is 228 g/mol.